The van der Waals surface area contributed by atoms with E-state index in [0.29, 0.717) is 5.69 Å². The number of nitrogens with two attached hydrogens (primary N) is 1. The fourth-order valence-corrected chi connectivity index (χ4v) is 0.712. The molecular weight excluding hydrogens is 150 g/mol. The third kappa shape index (κ3) is 2.32. The van der Waals surface area contributed by atoms with Gasteiger partial charge in [0.25, 0.3) is 0 Å². The summed E-state index contributed by atoms with van der Waals surface area (Å²) >= 11 is 0. The molecule has 0 amide bonds. The number of hydrogen-bond donors (Lipinski definition) is 1. The minimum absolute atomic E-state index is 0.231. The molecule has 12 heavy (non-hydrogen) atoms. The second-order valence-electron chi connectivity index (χ2n) is 2.14. The lowest BCUT2D eigenvalue weighted by molar-refractivity contribution is 1.31. The number of rotatable bonds is 0. The molecule has 2 N–H and O–H groups in total. The summed E-state index contributed by atoms with van der Waals surface area (Å²) in [6, 6.07) is 3.65. The highest BCUT2D eigenvalue weighted by molar-refractivity contribution is 5.44. The van der Waals surface area contributed by atoms with Gasteiger partial charge in [0.05, 0.1) is 18.2 Å². The van der Waals surface area contributed by atoms with Gasteiger partial charge in [0, 0.05) is 18.0 Å². The molecule has 0 aromatic carbocycles. The Bertz CT molecular complexity index is 365. The van der Waals surface area contributed by atoms with Gasteiger partial charge in [-0.1, -0.05) is 11.8 Å². The number of nitriles is 1. The second kappa shape index (κ2) is 4.00. The second-order valence-corrected chi connectivity index (χ2v) is 2.14. The van der Waals surface area contributed by atoms with Crippen LogP contribution in [0.4, 0.5) is 5.69 Å². The molecule has 0 unspecified atom stereocenters. The molecule has 0 aliphatic rings. The van der Waals surface area contributed by atoms with Crippen molar-refractivity contribution in [3.05, 3.63) is 24.0 Å². The van der Waals surface area contributed by atoms with Gasteiger partial charge >= 0.3 is 0 Å². The molecule has 0 saturated heterocycles. The summed E-state index contributed by atoms with van der Waals surface area (Å²) in [7, 11) is 0. The Kier molecular flexibility index (Phi) is 2.70. The van der Waals surface area contributed by atoms with Gasteiger partial charge in [-0.25, -0.2) is 0 Å². The van der Waals surface area contributed by atoms with E-state index in [9.17, 15) is 0 Å². The Morgan fingerprint density at radius 1 is 1.50 bits per heavy atom. The van der Waals surface area contributed by atoms with Crippen molar-refractivity contribution in [3.8, 4) is 17.9 Å². The largest absolute Gasteiger partial charge is 0.397 e. The van der Waals surface area contributed by atoms with Crippen LogP contribution >= 0.6 is 0 Å². The first kappa shape index (κ1) is 8.10. The van der Waals surface area contributed by atoms with Crippen LogP contribution in [0.3, 0.4) is 0 Å². The SMILES string of the molecule is N#CCC#Cc1cncc(N)c1. The zero-order valence-corrected chi connectivity index (χ0v) is 6.41. The van der Waals surface area contributed by atoms with Crippen LogP contribution in [-0.2, 0) is 0 Å². The van der Waals surface area contributed by atoms with E-state index in [2.05, 4.69) is 16.8 Å². The first-order chi connectivity index (χ1) is 5.83. The number of anilines is 1. The van der Waals surface area contributed by atoms with Crippen molar-refractivity contribution in [2.45, 2.75) is 6.42 Å². The molecule has 3 nitrogen and oxygen atoms in total. The number of pyridine rings is 1. The minimum Gasteiger partial charge on any atom is -0.397 e. The van der Waals surface area contributed by atoms with Crippen LogP contribution in [0.15, 0.2) is 18.5 Å². The molecule has 0 aliphatic carbocycles. The van der Waals surface area contributed by atoms with Crippen molar-refractivity contribution in [1.82, 2.24) is 4.98 Å². The fourth-order valence-electron chi connectivity index (χ4n) is 0.712. The van der Waals surface area contributed by atoms with Gasteiger partial charge in [-0.15, -0.1) is 0 Å². The van der Waals surface area contributed by atoms with Crippen LogP contribution in [0.2, 0.25) is 0 Å². The van der Waals surface area contributed by atoms with Crippen LogP contribution in [0, 0.1) is 23.2 Å². The predicted molar refractivity (Wildman–Crippen MR) is 45.8 cm³/mol. The standard InChI is InChI=1S/C9H7N3/c10-4-2-1-3-8-5-9(11)7-12-6-8/h5-7H,2,11H2. The summed E-state index contributed by atoms with van der Waals surface area (Å²) in [5, 5.41) is 8.21. The van der Waals surface area contributed by atoms with Gasteiger partial charge in [0.15, 0.2) is 0 Å². The number of nitrogen functional groups attached to an aromatic ring is 1. The highest BCUT2D eigenvalue weighted by atomic mass is 14.7. The van der Waals surface area contributed by atoms with E-state index in [4.69, 9.17) is 11.0 Å². The zero-order chi connectivity index (χ0) is 8.81. The lowest BCUT2D eigenvalue weighted by Gasteiger charge is -1.90. The van der Waals surface area contributed by atoms with Gasteiger partial charge in [-0.3, -0.25) is 4.98 Å². The lowest BCUT2D eigenvalue weighted by Crippen LogP contribution is -1.86. The molecule has 0 radical (unpaired) electrons. The molecule has 1 aromatic heterocycles. The molecule has 58 valence electrons. The highest BCUT2D eigenvalue weighted by Crippen LogP contribution is 2.01. The fraction of sp³-hybridized carbons (Fsp3) is 0.111. The Labute approximate surface area is 70.8 Å². The molecule has 0 spiro atoms. The van der Waals surface area contributed by atoms with E-state index >= 15 is 0 Å². The van der Waals surface area contributed by atoms with Crippen LogP contribution in [-0.4, -0.2) is 4.98 Å². The molecule has 0 bridgehead atoms. The Morgan fingerprint density at radius 2 is 2.33 bits per heavy atom. The van der Waals surface area contributed by atoms with Crippen molar-refractivity contribution in [1.29, 1.82) is 5.26 Å². The van der Waals surface area contributed by atoms with E-state index in [-0.39, 0.29) is 6.42 Å². The monoisotopic (exact) mass is 157 g/mol. The third-order valence-corrected chi connectivity index (χ3v) is 1.16. The maximum atomic E-state index is 8.21. The Hall–Kier alpha value is -2.00. The molecule has 1 heterocycles. The molecule has 0 atom stereocenters. The van der Waals surface area contributed by atoms with E-state index < -0.39 is 0 Å². The van der Waals surface area contributed by atoms with Crippen molar-refractivity contribution < 1.29 is 0 Å². The summed E-state index contributed by atoms with van der Waals surface area (Å²) in [5.41, 5.74) is 6.79. The Balaban J connectivity index is 2.79. The molecule has 0 fully saturated rings. The lowest BCUT2D eigenvalue weighted by atomic mass is 10.2. The van der Waals surface area contributed by atoms with Gasteiger partial charge in [-0.2, -0.15) is 5.26 Å². The van der Waals surface area contributed by atoms with E-state index in [0.717, 1.165) is 5.56 Å². The van der Waals surface area contributed by atoms with E-state index in [1.165, 1.54) is 0 Å². The summed E-state index contributed by atoms with van der Waals surface area (Å²) in [5.74, 6) is 5.44. The normalized spacial score (nSPS) is 7.92. The maximum Gasteiger partial charge on any atom is 0.0966 e. The topological polar surface area (TPSA) is 62.7 Å². The number of hydrogen-bond acceptors (Lipinski definition) is 3. The quantitative estimate of drug-likeness (QED) is 0.570. The van der Waals surface area contributed by atoms with Gasteiger partial charge in [0.1, 0.15) is 0 Å². The zero-order valence-electron chi connectivity index (χ0n) is 6.41. The molecular formula is C9H7N3. The van der Waals surface area contributed by atoms with Gasteiger partial charge in [0.2, 0.25) is 0 Å². The van der Waals surface area contributed by atoms with Gasteiger partial charge in [-0.05, 0) is 6.07 Å². The predicted octanol–water partition coefficient (Wildman–Crippen LogP) is 0.929. The smallest absolute Gasteiger partial charge is 0.0966 e. The molecule has 1 aromatic rings. The summed E-state index contributed by atoms with van der Waals surface area (Å²) in [4.78, 5) is 3.85. The number of aromatic nitrogens is 1. The average Bonchev–Trinajstić information content (AvgIpc) is 2.05. The van der Waals surface area contributed by atoms with E-state index in [1.807, 2.05) is 6.07 Å². The van der Waals surface area contributed by atoms with Crippen LogP contribution in [0.25, 0.3) is 0 Å². The first-order valence-corrected chi connectivity index (χ1v) is 3.39. The molecule has 0 saturated carbocycles. The van der Waals surface area contributed by atoms with E-state index in [1.54, 1.807) is 18.5 Å². The van der Waals surface area contributed by atoms with Crippen LogP contribution in [0.1, 0.15) is 12.0 Å². The highest BCUT2D eigenvalue weighted by Gasteiger charge is 1.87. The van der Waals surface area contributed by atoms with Crippen molar-refractivity contribution >= 4 is 5.69 Å². The van der Waals surface area contributed by atoms with Crippen LogP contribution < -0.4 is 5.73 Å². The van der Waals surface area contributed by atoms with Gasteiger partial charge < -0.3 is 5.73 Å². The molecule has 1 rings (SSSR count). The maximum absolute atomic E-state index is 8.21. The molecule has 0 aliphatic heterocycles. The summed E-state index contributed by atoms with van der Waals surface area (Å²) in [6.45, 7) is 0. The van der Waals surface area contributed by atoms with Crippen molar-refractivity contribution in [3.63, 3.8) is 0 Å². The molecule has 3 heteroatoms. The third-order valence-electron chi connectivity index (χ3n) is 1.16. The summed E-state index contributed by atoms with van der Waals surface area (Å²) < 4.78 is 0. The van der Waals surface area contributed by atoms with Crippen molar-refractivity contribution in [2.75, 3.05) is 5.73 Å². The summed E-state index contributed by atoms with van der Waals surface area (Å²) in [6.07, 6.45) is 3.39. The average molecular weight is 157 g/mol. The minimum atomic E-state index is 0.231. The van der Waals surface area contributed by atoms with Crippen LogP contribution in [0.5, 0.6) is 0 Å². The van der Waals surface area contributed by atoms with Crippen molar-refractivity contribution in [2.24, 2.45) is 0 Å². The number of nitrogens with zero attached hydrogens (tertiary/aromatic N) is 2. The Morgan fingerprint density at radius 3 is 3.00 bits per heavy atom. The first-order valence-electron chi connectivity index (χ1n) is 3.39.